The van der Waals surface area contributed by atoms with Crippen LogP contribution in [0.5, 0.6) is 0 Å². The van der Waals surface area contributed by atoms with E-state index in [0.29, 0.717) is 5.56 Å². The predicted octanol–water partition coefficient (Wildman–Crippen LogP) is 2.61. The summed E-state index contributed by atoms with van der Waals surface area (Å²) in [6, 6.07) is 25.0. The predicted molar refractivity (Wildman–Crippen MR) is 130 cm³/mol. The molecular formula is C27H26N4O4. The molecule has 0 heterocycles. The fourth-order valence-corrected chi connectivity index (χ4v) is 3.41. The lowest BCUT2D eigenvalue weighted by Gasteiger charge is -2.22. The molecule has 0 saturated carbocycles. The van der Waals surface area contributed by atoms with Gasteiger partial charge in [-0.2, -0.15) is 5.26 Å². The van der Waals surface area contributed by atoms with Gasteiger partial charge >= 0.3 is 6.09 Å². The van der Waals surface area contributed by atoms with Gasteiger partial charge in [-0.3, -0.25) is 9.59 Å². The molecule has 0 saturated heterocycles. The third-order valence-corrected chi connectivity index (χ3v) is 5.29. The number of benzene rings is 3. The second-order valence-corrected chi connectivity index (χ2v) is 7.92. The van der Waals surface area contributed by atoms with E-state index in [0.717, 1.165) is 16.7 Å². The number of hydrogen-bond donors (Lipinski definition) is 3. The lowest BCUT2D eigenvalue weighted by atomic mass is 10.0. The molecule has 0 fully saturated rings. The average Bonchev–Trinajstić information content (AvgIpc) is 2.88. The molecule has 0 aliphatic heterocycles. The van der Waals surface area contributed by atoms with Gasteiger partial charge < -0.3 is 21.1 Å². The molecule has 3 amide bonds. The number of nitriles is 1. The topological polar surface area (TPSA) is 134 Å². The Bertz CT molecular complexity index is 1180. The minimum Gasteiger partial charge on any atom is -0.445 e. The smallest absolute Gasteiger partial charge is 0.408 e. The van der Waals surface area contributed by atoms with E-state index in [1.165, 1.54) is 0 Å². The van der Waals surface area contributed by atoms with Crippen molar-refractivity contribution in [3.63, 3.8) is 0 Å². The Morgan fingerprint density at radius 3 is 1.89 bits per heavy atom. The highest BCUT2D eigenvalue weighted by atomic mass is 16.5. The molecule has 3 aromatic rings. The average molecular weight is 471 g/mol. The largest absolute Gasteiger partial charge is 0.445 e. The number of nitrogens with two attached hydrogens (primary N) is 1. The summed E-state index contributed by atoms with van der Waals surface area (Å²) in [6.45, 7) is 0.0505. The van der Waals surface area contributed by atoms with Crippen LogP contribution in [-0.4, -0.2) is 30.0 Å². The Morgan fingerprint density at radius 1 is 0.771 bits per heavy atom. The summed E-state index contributed by atoms with van der Waals surface area (Å²) in [6.07, 6.45) is -0.425. The third kappa shape index (κ3) is 8.02. The fourth-order valence-electron chi connectivity index (χ4n) is 3.41. The van der Waals surface area contributed by atoms with Crippen molar-refractivity contribution in [3.8, 4) is 6.07 Å². The fraction of sp³-hybridized carbons (Fsp3) is 0.185. The van der Waals surface area contributed by atoms with Crippen molar-refractivity contribution >= 4 is 17.9 Å². The number of nitrogens with one attached hydrogen (secondary N) is 2. The van der Waals surface area contributed by atoms with E-state index < -0.39 is 30.0 Å². The molecule has 0 spiro atoms. The molecule has 178 valence electrons. The maximum Gasteiger partial charge on any atom is 0.408 e. The number of rotatable bonds is 10. The van der Waals surface area contributed by atoms with Crippen LogP contribution in [0.1, 0.15) is 22.3 Å². The van der Waals surface area contributed by atoms with Gasteiger partial charge in [-0.25, -0.2) is 4.79 Å². The number of nitrogens with zero attached hydrogens (tertiary/aromatic N) is 1. The maximum absolute atomic E-state index is 13.1. The monoisotopic (exact) mass is 470 g/mol. The van der Waals surface area contributed by atoms with E-state index in [-0.39, 0.29) is 19.4 Å². The van der Waals surface area contributed by atoms with Crippen molar-refractivity contribution in [3.05, 3.63) is 107 Å². The first-order valence-electron chi connectivity index (χ1n) is 11.0. The van der Waals surface area contributed by atoms with Gasteiger partial charge in [-0.15, -0.1) is 0 Å². The molecule has 0 aliphatic rings. The van der Waals surface area contributed by atoms with Crippen molar-refractivity contribution in [2.45, 2.75) is 31.5 Å². The molecule has 0 radical (unpaired) electrons. The molecule has 0 unspecified atom stereocenters. The van der Waals surface area contributed by atoms with Crippen LogP contribution in [0.4, 0.5) is 4.79 Å². The first-order chi connectivity index (χ1) is 16.9. The minimum atomic E-state index is -1.00. The molecule has 2 atom stereocenters. The van der Waals surface area contributed by atoms with Gasteiger partial charge in [0.25, 0.3) is 0 Å². The van der Waals surface area contributed by atoms with E-state index in [2.05, 4.69) is 10.6 Å². The Hall–Kier alpha value is -4.64. The molecule has 0 aromatic heterocycles. The second kappa shape index (κ2) is 12.6. The SMILES string of the molecule is N#Cc1ccc(C[C@@H](NC(=O)[C@H](Cc2ccccc2)NC(=O)OCc2ccccc2)C(N)=O)cc1. The van der Waals surface area contributed by atoms with Crippen LogP contribution >= 0.6 is 0 Å². The van der Waals surface area contributed by atoms with E-state index in [1.54, 1.807) is 24.3 Å². The number of hydrogen-bond acceptors (Lipinski definition) is 5. The molecule has 35 heavy (non-hydrogen) atoms. The number of ether oxygens (including phenoxy) is 1. The highest BCUT2D eigenvalue weighted by Gasteiger charge is 2.26. The van der Waals surface area contributed by atoms with Crippen LogP contribution in [0.25, 0.3) is 0 Å². The molecule has 4 N–H and O–H groups in total. The van der Waals surface area contributed by atoms with E-state index >= 15 is 0 Å². The molecule has 8 heteroatoms. The molecule has 3 aromatic carbocycles. The summed E-state index contributed by atoms with van der Waals surface area (Å²) >= 11 is 0. The maximum atomic E-state index is 13.1. The lowest BCUT2D eigenvalue weighted by molar-refractivity contribution is -0.128. The van der Waals surface area contributed by atoms with Gasteiger partial charge in [0.05, 0.1) is 11.6 Å². The third-order valence-electron chi connectivity index (χ3n) is 5.29. The number of amides is 3. The molecular weight excluding hydrogens is 444 g/mol. The number of alkyl carbamates (subject to hydrolysis) is 1. The van der Waals surface area contributed by atoms with Crippen molar-refractivity contribution in [2.75, 3.05) is 0 Å². The highest BCUT2D eigenvalue weighted by Crippen LogP contribution is 2.09. The lowest BCUT2D eigenvalue weighted by Crippen LogP contribution is -2.54. The van der Waals surface area contributed by atoms with Crippen LogP contribution in [0.2, 0.25) is 0 Å². The van der Waals surface area contributed by atoms with Crippen LogP contribution in [0, 0.1) is 11.3 Å². The van der Waals surface area contributed by atoms with Crippen molar-refractivity contribution in [1.82, 2.24) is 10.6 Å². The van der Waals surface area contributed by atoms with Crippen molar-refractivity contribution in [1.29, 1.82) is 5.26 Å². The zero-order valence-corrected chi connectivity index (χ0v) is 19.0. The first kappa shape index (κ1) is 25.0. The van der Waals surface area contributed by atoms with E-state index in [4.69, 9.17) is 15.7 Å². The molecule has 0 aliphatic carbocycles. The number of carbonyl (C=O) groups is 3. The number of primary amides is 1. The first-order valence-corrected chi connectivity index (χ1v) is 11.0. The normalized spacial score (nSPS) is 12.0. The Labute approximate surface area is 203 Å². The summed E-state index contributed by atoms with van der Waals surface area (Å²) in [5.41, 5.74) is 8.37. The molecule has 0 bridgehead atoms. The van der Waals surface area contributed by atoms with Gasteiger partial charge in [0.2, 0.25) is 11.8 Å². The summed E-state index contributed by atoms with van der Waals surface area (Å²) < 4.78 is 5.27. The summed E-state index contributed by atoms with van der Waals surface area (Å²) in [5.74, 6) is -1.28. The standard InChI is InChI=1S/C27H26N4O4/c28-17-21-13-11-20(12-14-21)15-23(25(29)32)30-26(33)24(16-19-7-3-1-4-8-19)31-27(34)35-18-22-9-5-2-6-10-22/h1-14,23-24H,15-16,18H2,(H2,29,32)(H,30,33)(H,31,34)/t23-,24+/m1/s1. The van der Waals surface area contributed by atoms with Gasteiger partial charge in [0.1, 0.15) is 18.7 Å². The zero-order valence-electron chi connectivity index (χ0n) is 19.0. The van der Waals surface area contributed by atoms with Gasteiger partial charge in [-0.1, -0.05) is 72.8 Å². The second-order valence-electron chi connectivity index (χ2n) is 7.92. The Kier molecular flexibility index (Phi) is 8.97. The molecule has 3 rings (SSSR count). The van der Waals surface area contributed by atoms with Crippen molar-refractivity contribution < 1.29 is 19.1 Å². The number of carbonyl (C=O) groups excluding carboxylic acids is 3. The summed E-state index contributed by atoms with van der Waals surface area (Å²) in [4.78, 5) is 37.7. The highest BCUT2D eigenvalue weighted by molar-refractivity contribution is 5.91. The van der Waals surface area contributed by atoms with Gasteiger partial charge in [-0.05, 0) is 28.8 Å². The zero-order chi connectivity index (χ0) is 25.0. The van der Waals surface area contributed by atoms with E-state index in [1.807, 2.05) is 66.7 Å². The van der Waals surface area contributed by atoms with Crippen molar-refractivity contribution in [2.24, 2.45) is 5.73 Å². The van der Waals surface area contributed by atoms with Crippen LogP contribution < -0.4 is 16.4 Å². The van der Waals surface area contributed by atoms with Crippen LogP contribution in [0.3, 0.4) is 0 Å². The van der Waals surface area contributed by atoms with Gasteiger partial charge in [0.15, 0.2) is 0 Å². The Balaban J connectivity index is 1.69. The van der Waals surface area contributed by atoms with Gasteiger partial charge in [0, 0.05) is 12.8 Å². The van der Waals surface area contributed by atoms with Crippen LogP contribution in [0.15, 0.2) is 84.9 Å². The summed E-state index contributed by atoms with van der Waals surface area (Å²) in [7, 11) is 0. The van der Waals surface area contributed by atoms with Crippen LogP contribution in [-0.2, 0) is 33.8 Å². The molecule has 8 nitrogen and oxygen atoms in total. The summed E-state index contributed by atoms with van der Waals surface area (Å²) in [5, 5.41) is 14.2. The minimum absolute atomic E-state index is 0.0505. The quantitative estimate of drug-likeness (QED) is 0.419. The Morgan fingerprint density at radius 2 is 1.31 bits per heavy atom. The van der Waals surface area contributed by atoms with E-state index in [9.17, 15) is 14.4 Å².